The Hall–Kier alpha value is -1.08. The molecule has 1 N–H and O–H groups in total. The molecule has 0 bridgehead atoms. The predicted octanol–water partition coefficient (Wildman–Crippen LogP) is 3.42. The number of rotatable bonds is 1. The van der Waals surface area contributed by atoms with Gasteiger partial charge in [-0.2, -0.15) is 0 Å². The van der Waals surface area contributed by atoms with E-state index in [4.69, 9.17) is 0 Å². The van der Waals surface area contributed by atoms with Gasteiger partial charge in [-0.1, -0.05) is 35.9 Å². The highest BCUT2D eigenvalue weighted by Crippen LogP contribution is 2.33. The third-order valence-corrected chi connectivity index (χ3v) is 4.06. The molecular weight excluding hydrogens is 206 g/mol. The largest absolute Gasteiger partial charge is 0.313 e. The van der Waals surface area contributed by atoms with Gasteiger partial charge < -0.3 is 5.32 Å². The molecule has 1 heteroatoms. The Morgan fingerprint density at radius 2 is 2.06 bits per heavy atom. The summed E-state index contributed by atoms with van der Waals surface area (Å²) in [4.78, 5) is 0. The summed E-state index contributed by atoms with van der Waals surface area (Å²) in [5, 5.41) is 3.48. The van der Waals surface area contributed by atoms with Gasteiger partial charge in [0.05, 0.1) is 0 Å². The summed E-state index contributed by atoms with van der Waals surface area (Å²) in [5.41, 5.74) is 4.78. The molecule has 17 heavy (non-hydrogen) atoms. The first-order valence-electron chi connectivity index (χ1n) is 6.91. The number of piperidine rings is 1. The molecule has 3 rings (SSSR count). The van der Waals surface area contributed by atoms with Gasteiger partial charge in [0, 0.05) is 12.5 Å². The molecule has 1 unspecified atom stereocenters. The fourth-order valence-corrected chi connectivity index (χ4v) is 3.17. The fourth-order valence-electron chi connectivity index (χ4n) is 3.17. The van der Waals surface area contributed by atoms with E-state index in [-0.39, 0.29) is 0 Å². The molecule has 0 amide bonds. The summed E-state index contributed by atoms with van der Waals surface area (Å²) >= 11 is 0. The molecule has 0 radical (unpaired) electrons. The van der Waals surface area contributed by atoms with E-state index in [9.17, 15) is 0 Å². The second-order valence-electron chi connectivity index (χ2n) is 5.30. The lowest BCUT2D eigenvalue weighted by Crippen LogP contribution is -2.24. The zero-order valence-electron chi connectivity index (χ0n) is 10.4. The average Bonchev–Trinajstić information content (AvgIpc) is 2.40. The van der Waals surface area contributed by atoms with Crippen LogP contribution in [0.5, 0.6) is 0 Å². The van der Waals surface area contributed by atoms with Crippen LogP contribution in [0, 0.1) is 0 Å². The van der Waals surface area contributed by atoms with Crippen LogP contribution in [0.4, 0.5) is 0 Å². The Balaban J connectivity index is 1.84. The second kappa shape index (κ2) is 5.05. The van der Waals surface area contributed by atoms with Crippen LogP contribution in [0.1, 0.15) is 42.7 Å². The van der Waals surface area contributed by atoms with Crippen molar-refractivity contribution < 1.29 is 0 Å². The van der Waals surface area contributed by atoms with Gasteiger partial charge in [0.25, 0.3) is 0 Å². The Morgan fingerprint density at radius 1 is 1.12 bits per heavy atom. The summed E-state index contributed by atoms with van der Waals surface area (Å²) in [5.74, 6) is 0.676. The fraction of sp³-hybridized carbons (Fsp3) is 0.500. The highest BCUT2D eigenvalue weighted by atomic mass is 14.9. The Bertz CT molecular complexity index is 411. The number of hydrogen-bond acceptors (Lipinski definition) is 1. The minimum atomic E-state index is 0.676. The lowest BCUT2D eigenvalue weighted by Gasteiger charge is -2.25. The Kier molecular flexibility index (Phi) is 3.28. The van der Waals surface area contributed by atoms with Crippen molar-refractivity contribution in [3.8, 4) is 0 Å². The van der Waals surface area contributed by atoms with Crippen LogP contribution >= 0.6 is 0 Å². The van der Waals surface area contributed by atoms with Gasteiger partial charge in [0.2, 0.25) is 0 Å². The maximum Gasteiger partial charge on any atom is 0.0164 e. The number of aryl methyl sites for hydroxylation is 1. The first kappa shape index (κ1) is 11.0. The third-order valence-electron chi connectivity index (χ3n) is 4.06. The van der Waals surface area contributed by atoms with Crippen molar-refractivity contribution in [2.24, 2.45) is 0 Å². The first-order chi connectivity index (χ1) is 8.43. The van der Waals surface area contributed by atoms with Crippen molar-refractivity contribution in [3.63, 3.8) is 0 Å². The van der Waals surface area contributed by atoms with E-state index in [0.717, 1.165) is 6.54 Å². The second-order valence-corrected chi connectivity index (χ2v) is 5.30. The van der Waals surface area contributed by atoms with Crippen LogP contribution in [0.25, 0.3) is 0 Å². The van der Waals surface area contributed by atoms with E-state index in [1.54, 1.807) is 16.7 Å². The molecule has 2 aliphatic rings. The number of allylic oxidation sites excluding steroid dienone is 1. The van der Waals surface area contributed by atoms with Crippen molar-refractivity contribution >= 4 is 0 Å². The molecule has 0 aromatic heterocycles. The SMILES string of the molecule is C(=C1/CCCNC1)/C1CCCc2ccccc21. The molecule has 1 aromatic rings. The third kappa shape index (κ3) is 2.44. The molecule has 1 aliphatic heterocycles. The van der Waals surface area contributed by atoms with E-state index in [2.05, 4.69) is 35.7 Å². The summed E-state index contributed by atoms with van der Waals surface area (Å²) in [7, 11) is 0. The normalized spacial score (nSPS) is 26.8. The van der Waals surface area contributed by atoms with Crippen molar-refractivity contribution in [2.75, 3.05) is 13.1 Å². The zero-order chi connectivity index (χ0) is 11.5. The molecule has 1 heterocycles. The van der Waals surface area contributed by atoms with Crippen LogP contribution in [0.3, 0.4) is 0 Å². The lowest BCUT2D eigenvalue weighted by atomic mass is 9.81. The van der Waals surface area contributed by atoms with E-state index in [0.29, 0.717) is 5.92 Å². The topological polar surface area (TPSA) is 12.0 Å². The van der Waals surface area contributed by atoms with Gasteiger partial charge in [0.1, 0.15) is 0 Å². The number of benzene rings is 1. The first-order valence-corrected chi connectivity index (χ1v) is 6.91. The maximum atomic E-state index is 3.48. The number of fused-ring (bicyclic) bond motifs is 1. The standard InChI is InChI=1S/C16H21N/c1-2-9-16-14(6-1)7-3-8-15(16)11-13-5-4-10-17-12-13/h1-2,6,9,11,15,17H,3-5,7-8,10,12H2/b13-11+. The summed E-state index contributed by atoms with van der Waals surface area (Å²) < 4.78 is 0. The number of hydrogen-bond donors (Lipinski definition) is 1. The van der Waals surface area contributed by atoms with Crippen LogP contribution in [-0.2, 0) is 6.42 Å². The lowest BCUT2D eigenvalue weighted by molar-refractivity contribution is 0.587. The van der Waals surface area contributed by atoms with Crippen molar-refractivity contribution in [1.29, 1.82) is 0 Å². The van der Waals surface area contributed by atoms with Gasteiger partial charge in [-0.3, -0.25) is 0 Å². The van der Waals surface area contributed by atoms with E-state index < -0.39 is 0 Å². The zero-order valence-corrected chi connectivity index (χ0v) is 10.4. The highest BCUT2D eigenvalue weighted by molar-refractivity contribution is 5.36. The van der Waals surface area contributed by atoms with Gasteiger partial charge in [-0.25, -0.2) is 0 Å². The molecule has 1 nitrogen and oxygen atoms in total. The van der Waals surface area contributed by atoms with Crippen LogP contribution in [-0.4, -0.2) is 13.1 Å². The molecule has 90 valence electrons. The monoisotopic (exact) mass is 227 g/mol. The van der Waals surface area contributed by atoms with E-state index in [1.807, 2.05) is 0 Å². The Morgan fingerprint density at radius 3 is 2.94 bits per heavy atom. The van der Waals surface area contributed by atoms with E-state index in [1.165, 1.54) is 38.6 Å². The molecule has 1 aliphatic carbocycles. The summed E-state index contributed by atoms with van der Waals surface area (Å²) in [6, 6.07) is 9.00. The minimum absolute atomic E-state index is 0.676. The molecule has 1 aromatic carbocycles. The van der Waals surface area contributed by atoms with Crippen molar-refractivity contribution in [3.05, 3.63) is 47.0 Å². The maximum absolute atomic E-state index is 3.48. The van der Waals surface area contributed by atoms with Crippen molar-refractivity contribution in [1.82, 2.24) is 5.32 Å². The van der Waals surface area contributed by atoms with Crippen molar-refractivity contribution in [2.45, 2.75) is 38.0 Å². The molecular formula is C16H21N. The molecule has 1 fully saturated rings. The summed E-state index contributed by atoms with van der Waals surface area (Å²) in [6.45, 7) is 2.30. The molecule has 1 atom stereocenters. The average molecular weight is 227 g/mol. The molecule has 0 saturated carbocycles. The minimum Gasteiger partial charge on any atom is -0.313 e. The van der Waals surface area contributed by atoms with Crippen LogP contribution in [0.15, 0.2) is 35.9 Å². The predicted molar refractivity (Wildman–Crippen MR) is 72.3 cm³/mol. The van der Waals surface area contributed by atoms with E-state index >= 15 is 0 Å². The number of nitrogens with one attached hydrogen (secondary N) is 1. The smallest absolute Gasteiger partial charge is 0.0164 e. The molecule has 1 saturated heterocycles. The molecule has 0 spiro atoms. The van der Waals surface area contributed by atoms with Gasteiger partial charge >= 0.3 is 0 Å². The van der Waals surface area contributed by atoms with Gasteiger partial charge in [-0.05, 0) is 49.8 Å². The Labute approximate surface area is 104 Å². The van der Waals surface area contributed by atoms with Crippen LogP contribution in [0.2, 0.25) is 0 Å². The summed E-state index contributed by atoms with van der Waals surface area (Å²) in [6.07, 6.45) is 9.10. The van der Waals surface area contributed by atoms with Gasteiger partial charge in [-0.15, -0.1) is 0 Å². The van der Waals surface area contributed by atoms with Crippen LogP contribution < -0.4 is 5.32 Å². The van der Waals surface area contributed by atoms with Gasteiger partial charge in [0.15, 0.2) is 0 Å². The highest BCUT2D eigenvalue weighted by Gasteiger charge is 2.18. The quantitative estimate of drug-likeness (QED) is 0.725.